The minimum Gasteiger partial charge on any atom is -0.350 e. The Morgan fingerprint density at radius 2 is 1.77 bits per heavy atom. The lowest BCUT2D eigenvalue weighted by atomic mass is 9.83. The zero-order valence-electron chi connectivity index (χ0n) is 24.9. The fourth-order valence-electron chi connectivity index (χ4n) is 6.48. The molecule has 228 valence electrons. The summed E-state index contributed by atoms with van der Waals surface area (Å²) in [6.07, 6.45) is 5.33. The number of hydrogen-bond donors (Lipinski definition) is 2. The topological polar surface area (TPSA) is 125 Å². The molecule has 2 saturated heterocycles. The maximum atomic E-state index is 14.0. The van der Waals surface area contributed by atoms with Gasteiger partial charge in [-0.2, -0.15) is 0 Å². The minimum atomic E-state index is -0.772. The second kappa shape index (κ2) is 12.5. The van der Waals surface area contributed by atoms with Crippen LogP contribution < -0.4 is 10.6 Å². The van der Waals surface area contributed by atoms with Crippen LogP contribution in [-0.4, -0.2) is 92.3 Å². The van der Waals surface area contributed by atoms with Gasteiger partial charge in [-0.15, -0.1) is 16.4 Å². The Kier molecular flexibility index (Phi) is 8.58. The van der Waals surface area contributed by atoms with Gasteiger partial charge < -0.3 is 20.4 Å². The first-order valence-electron chi connectivity index (χ1n) is 15.2. The van der Waals surface area contributed by atoms with Crippen molar-refractivity contribution in [3.05, 3.63) is 63.4 Å². The Bertz CT molecular complexity index is 1450. The lowest BCUT2D eigenvalue weighted by molar-refractivity contribution is -0.138. The third-order valence-electron chi connectivity index (χ3n) is 9.06. The smallest absolute Gasteiger partial charge is 0.245 e. The zero-order chi connectivity index (χ0) is 30.0. The van der Waals surface area contributed by atoms with Crippen molar-refractivity contribution in [2.75, 3.05) is 33.2 Å². The van der Waals surface area contributed by atoms with Gasteiger partial charge in [-0.3, -0.25) is 14.4 Å². The van der Waals surface area contributed by atoms with Gasteiger partial charge in [-0.1, -0.05) is 35.5 Å². The van der Waals surface area contributed by atoms with Gasteiger partial charge >= 0.3 is 0 Å². The molecule has 0 unspecified atom stereocenters. The Labute approximate surface area is 256 Å². The van der Waals surface area contributed by atoms with Crippen molar-refractivity contribution in [3.63, 3.8) is 0 Å². The average molecular weight is 605 g/mol. The highest BCUT2D eigenvalue weighted by Gasteiger charge is 2.39. The number of carbonyl (C=O) groups is 3. The summed E-state index contributed by atoms with van der Waals surface area (Å²) in [6, 6.07) is 9.23. The van der Waals surface area contributed by atoms with E-state index in [0.29, 0.717) is 38.2 Å². The normalized spacial score (nSPS) is 22.1. The molecule has 3 aromatic rings. The molecule has 6 heterocycles. The quantitative estimate of drug-likeness (QED) is 0.467. The summed E-state index contributed by atoms with van der Waals surface area (Å²) in [5.74, 6) is -0.201. The molecule has 11 nitrogen and oxygen atoms in total. The molecule has 4 aliphatic heterocycles. The summed E-state index contributed by atoms with van der Waals surface area (Å²) in [4.78, 5) is 51.1. The number of fused-ring (bicyclic) bond motifs is 8. The van der Waals surface area contributed by atoms with Crippen LogP contribution in [0.15, 0.2) is 36.5 Å². The van der Waals surface area contributed by atoms with Gasteiger partial charge in [-0.25, -0.2) is 9.67 Å². The van der Waals surface area contributed by atoms with E-state index in [1.54, 1.807) is 16.0 Å². The fourth-order valence-corrected chi connectivity index (χ4v) is 7.59. The fraction of sp³-hybridized carbons (Fsp3) is 0.548. The molecular weight excluding hydrogens is 564 g/mol. The number of aromatic nitrogens is 4. The molecule has 1 atom stereocenters. The first kappa shape index (κ1) is 29.4. The van der Waals surface area contributed by atoms with Gasteiger partial charge in [0.05, 0.1) is 34.9 Å². The number of carbonyl (C=O) groups excluding carboxylic acids is 3. The molecule has 3 amide bonds. The Hall–Kier alpha value is -3.64. The highest BCUT2D eigenvalue weighted by molar-refractivity contribution is 7.11. The van der Waals surface area contributed by atoms with Crippen LogP contribution in [0.5, 0.6) is 0 Å². The summed E-state index contributed by atoms with van der Waals surface area (Å²) in [5.41, 5.74) is 1.88. The first-order valence-corrected chi connectivity index (χ1v) is 16.0. The predicted molar refractivity (Wildman–Crippen MR) is 163 cm³/mol. The summed E-state index contributed by atoms with van der Waals surface area (Å²) >= 11 is 1.66. The average Bonchev–Trinajstić information content (AvgIpc) is 3.59. The van der Waals surface area contributed by atoms with Crippen molar-refractivity contribution in [3.8, 4) is 0 Å². The van der Waals surface area contributed by atoms with Gasteiger partial charge in [0.15, 0.2) is 0 Å². The minimum absolute atomic E-state index is 0.103. The van der Waals surface area contributed by atoms with E-state index in [1.807, 2.05) is 55.4 Å². The number of rotatable bonds is 4. The molecule has 0 saturated carbocycles. The molecule has 12 heteroatoms. The predicted octanol–water partition coefficient (Wildman–Crippen LogP) is 2.05. The van der Waals surface area contributed by atoms with E-state index in [1.165, 1.54) is 0 Å². The molecule has 0 aliphatic carbocycles. The van der Waals surface area contributed by atoms with E-state index in [4.69, 9.17) is 4.98 Å². The Morgan fingerprint density at radius 3 is 2.51 bits per heavy atom. The van der Waals surface area contributed by atoms with Crippen molar-refractivity contribution >= 4 is 29.1 Å². The third kappa shape index (κ3) is 6.96. The molecule has 4 aliphatic rings. The van der Waals surface area contributed by atoms with Crippen LogP contribution in [0.25, 0.3) is 0 Å². The number of hydrogen-bond acceptors (Lipinski definition) is 8. The van der Waals surface area contributed by atoms with Gasteiger partial charge in [0.2, 0.25) is 17.7 Å². The molecule has 2 fully saturated rings. The number of likely N-dealkylation sites (tertiary alicyclic amines) is 1. The molecular formula is C31H40N8O3S. The number of amides is 3. The van der Waals surface area contributed by atoms with Crippen LogP contribution in [0.4, 0.5) is 0 Å². The molecule has 43 heavy (non-hydrogen) atoms. The van der Waals surface area contributed by atoms with Crippen molar-refractivity contribution in [2.45, 2.75) is 75.9 Å². The molecule has 2 aromatic heterocycles. The Morgan fingerprint density at radius 1 is 1.02 bits per heavy atom. The van der Waals surface area contributed by atoms with Crippen molar-refractivity contribution in [1.82, 2.24) is 40.4 Å². The number of piperidine rings is 2. The molecule has 1 aromatic carbocycles. The van der Waals surface area contributed by atoms with Crippen LogP contribution in [-0.2, 0) is 33.8 Å². The summed E-state index contributed by atoms with van der Waals surface area (Å²) < 4.78 is 1.76. The zero-order valence-corrected chi connectivity index (χ0v) is 25.7. The number of nitrogens with zero attached hydrogens (tertiary/aromatic N) is 6. The summed E-state index contributed by atoms with van der Waals surface area (Å²) in [7, 11) is 2.05. The van der Waals surface area contributed by atoms with Crippen molar-refractivity contribution in [2.24, 2.45) is 0 Å². The van der Waals surface area contributed by atoms with Crippen molar-refractivity contribution in [1.29, 1.82) is 0 Å². The molecule has 0 radical (unpaired) electrons. The lowest BCUT2D eigenvalue weighted by Gasteiger charge is -2.41. The highest BCUT2D eigenvalue weighted by Crippen LogP contribution is 2.33. The summed E-state index contributed by atoms with van der Waals surface area (Å²) in [6.45, 7) is 5.34. The van der Waals surface area contributed by atoms with Crippen molar-refractivity contribution < 1.29 is 14.4 Å². The summed E-state index contributed by atoms with van der Waals surface area (Å²) in [5, 5.41) is 16.0. The second-order valence-electron chi connectivity index (χ2n) is 12.4. The van der Waals surface area contributed by atoms with Crippen LogP contribution in [0.1, 0.15) is 64.9 Å². The third-order valence-corrected chi connectivity index (χ3v) is 10.2. The maximum absolute atomic E-state index is 14.0. The monoisotopic (exact) mass is 604 g/mol. The number of thiazole rings is 1. The molecule has 7 rings (SSSR count). The van der Waals surface area contributed by atoms with E-state index >= 15 is 0 Å². The van der Waals surface area contributed by atoms with E-state index in [-0.39, 0.29) is 42.9 Å². The van der Waals surface area contributed by atoms with Crippen LogP contribution in [0, 0.1) is 6.92 Å². The van der Waals surface area contributed by atoms with Gasteiger partial charge in [0, 0.05) is 56.0 Å². The van der Waals surface area contributed by atoms with E-state index in [2.05, 4.69) is 25.8 Å². The largest absolute Gasteiger partial charge is 0.350 e. The van der Waals surface area contributed by atoms with Crippen LogP contribution in [0.2, 0.25) is 0 Å². The van der Waals surface area contributed by atoms with Gasteiger partial charge in [-0.05, 0) is 45.2 Å². The number of benzene rings is 1. The molecule has 4 bridgehead atoms. The van der Waals surface area contributed by atoms with E-state index < -0.39 is 11.6 Å². The second-order valence-corrected chi connectivity index (χ2v) is 13.6. The number of aryl methyl sites for hydroxylation is 1. The van der Waals surface area contributed by atoms with E-state index in [9.17, 15) is 14.4 Å². The van der Waals surface area contributed by atoms with Crippen LogP contribution in [0.3, 0.4) is 0 Å². The maximum Gasteiger partial charge on any atom is 0.245 e. The van der Waals surface area contributed by atoms with Gasteiger partial charge in [0.1, 0.15) is 6.04 Å². The number of nitrogens with one attached hydrogen (secondary N) is 2. The first-order chi connectivity index (χ1) is 20.7. The molecule has 1 spiro atoms. The lowest BCUT2D eigenvalue weighted by Crippen LogP contribution is -2.58. The van der Waals surface area contributed by atoms with Gasteiger partial charge in [0.25, 0.3) is 0 Å². The molecule has 2 N–H and O–H groups in total. The standard InChI is InChI=1S/C31H40N8O3S/c1-21-25-17-27(40)34-31(10-14-37(2)15-11-31)18-28(41)32-26(30(42)38-12-8-23(9-13-38)29(33-25)43-21)16-24-20-39(36-35-24)19-22-6-4-3-5-7-22/h3-7,20,23,26H,8-19H2,1-2H3,(H,32,41)(H,34,40)/t26-/m1/s1. The van der Waals surface area contributed by atoms with E-state index in [0.717, 1.165) is 47.1 Å². The SMILES string of the molecule is Cc1sc2nc1CC(=O)NC1(CCN(C)CC1)CC(=O)N[C@H](Cc1cn(Cc3ccccc3)nn1)C(=O)N1CCC2CC1. The Balaban J connectivity index is 1.26. The highest BCUT2D eigenvalue weighted by atomic mass is 32.1. The van der Waals surface area contributed by atoms with Crippen LogP contribution >= 0.6 is 11.3 Å².